The number of ketones is 1. The van der Waals surface area contributed by atoms with Crippen LogP contribution in [-0.4, -0.2) is 105 Å². The third-order valence-electron chi connectivity index (χ3n) is 16.6. The molecule has 0 unspecified atom stereocenters. The van der Waals surface area contributed by atoms with E-state index in [1.54, 1.807) is 6.92 Å². The number of aliphatic hydroxyl groups excluding tert-OH is 1. The summed E-state index contributed by atoms with van der Waals surface area (Å²) in [6.07, 6.45) is 13.4. The number of hydrogen-bond donors (Lipinski definition) is 5. The molecule has 5 N–H and O–H groups in total. The van der Waals surface area contributed by atoms with Crippen LogP contribution in [0.3, 0.4) is 0 Å². The van der Waals surface area contributed by atoms with E-state index >= 15 is 0 Å². The van der Waals surface area contributed by atoms with Crippen molar-refractivity contribution >= 4 is 17.8 Å². The van der Waals surface area contributed by atoms with Gasteiger partial charge in [0.15, 0.2) is 11.6 Å². The molecule has 2 spiro atoms. The largest absolute Gasteiger partial charge is 0.481 e. The van der Waals surface area contributed by atoms with Gasteiger partial charge in [0, 0.05) is 36.6 Å². The average Bonchev–Trinajstić information content (AvgIpc) is 3.61. The number of Topliss-reactive ketones (excluding diaryl/α,β-unsaturated/α-hetero) is 1. The van der Waals surface area contributed by atoms with Crippen molar-refractivity contribution in [3.05, 3.63) is 12.2 Å². The van der Waals surface area contributed by atoms with Crippen molar-refractivity contribution < 1.29 is 53.4 Å². The topological polar surface area (TPSA) is 182 Å². The third kappa shape index (κ3) is 11.4. The van der Waals surface area contributed by atoms with Crippen molar-refractivity contribution in [2.75, 3.05) is 6.54 Å². The van der Waals surface area contributed by atoms with E-state index in [2.05, 4.69) is 38.3 Å². The number of ether oxygens (including phenoxy) is 5. The van der Waals surface area contributed by atoms with Crippen LogP contribution in [-0.2, 0) is 33.3 Å². The van der Waals surface area contributed by atoms with E-state index in [0.29, 0.717) is 64.3 Å². The number of aliphatic hydroxyl groups is 2. The van der Waals surface area contributed by atoms with Gasteiger partial charge in [-0.05, 0) is 96.0 Å². The predicted octanol–water partition coefficient (Wildman–Crippen LogP) is 8.86. The Morgan fingerprint density at radius 3 is 2.16 bits per heavy atom. The molecule has 5 rings (SSSR count). The lowest BCUT2D eigenvalue weighted by atomic mass is 9.72. The maximum absolute atomic E-state index is 14.7. The summed E-state index contributed by atoms with van der Waals surface area (Å²) in [6.45, 7) is 22.5. The summed E-state index contributed by atoms with van der Waals surface area (Å²) < 4.78 is 34.7. The smallest absolute Gasteiger partial charge is 0.315 e. The molecule has 5 aliphatic heterocycles. The van der Waals surface area contributed by atoms with Crippen LogP contribution in [0, 0.1) is 41.4 Å². The Balaban J connectivity index is 1.36. The second kappa shape index (κ2) is 22.3. The van der Waals surface area contributed by atoms with Gasteiger partial charge in [-0.1, -0.05) is 100 Å². The number of unbranched alkanes of at least 4 members (excludes halogenated alkanes) is 5. The lowest BCUT2D eigenvalue weighted by Crippen LogP contribution is -2.66. The molecule has 0 saturated carbocycles. The van der Waals surface area contributed by atoms with Gasteiger partial charge in [-0.15, -0.1) is 0 Å². The number of aliphatic carboxylic acids is 1. The minimum Gasteiger partial charge on any atom is -0.481 e. The van der Waals surface area contributed by atoms with E-state index in [1.807, 2.05) is 53.7 Å². The lowest BCUT2D eigenvalue weighted by Gasteiger charge is -2.55. The first-order valence-electron chi connectivity index (χ1n) is 25.5. The molecule has 0 bridgehead atoms. The molecule has 64 heavy (non-hydrogen) atoms. The fourth-order valence-corrected chi connectivity index (χ4v) is 12.0. The molecule has 18 atom stereocenters. The van der Waals surface area contributed by atoms with E-state index in [-0.39, 0.29) is 47.9 Å². The number of carboxylic acid groups (broad SMARTS) is 1. The van der Waals surface area contributed by atoms with Gasteiger partial charge in [0.1, 0.15) is 11.8 Å². The second-order valence-electron chi connectivity index (χ2n) is 21.1. The standard InChI is InChI=1S/C51H88N2O11/c1-12-16-17-18-19-20-29-52-47(58)53-40-23-26-50(64-51(40)28-27-48(11,63-51)41-24-25-49(59,15-4)36(10)60-41)33(7)30-32(6)45(62-50)38(14-3)43(55)34(8)42(54)35(9)44-31(5)21-22-39(61-44)37(13-2)46(56)57/h23,26,31-42,44-45,54,59H,12-22,24-25,27-30H2,1-11H3,(H,56,57)(H2,52,53,58)/t31-,32-,33+,34-,35-,36-,37+,38-,39+,40+,41+,42+,44+,45-,48-,49+,50-,51-/m0/s1. The van der Waals surface area contributed by atoms with Gasteiger partial charge in [0.2, 0.25) is 0 Å². The highest BCUT2D eigenvalue weighted by Gasteiger charge is 2.63. The molecule has 368 valence electrons. The van der Waals surface area contributed by atoms with E-state index < -0.39 is 76.8 Å². The van der Waals surface area contributed by atoms with Gasteiger partial charge in [-0.2, -0.15) is 0 Å². The van der Waals surface area contributed by atoms with Gasteiger partial charge in [-0.3, -0.25) is 9.59 Å². The molecular weight excluding hydrogens is 817 g/mol. The van der Waals surface area contributed by atoms with Crippen molar-refractivity contribution in [1.82, 2.24) is 10.6 Å². The van der Waals surface area contributed by atoms with Gasteiger partial charge in [-0.25, -0.2) is 4.79 Å². The minimum atomic E-state index is -1.32. The molecule has 0 aromatic carbocycles. The van der Waals surface area contributed by atoms with Crippen LogP contribution in [0.5, 0.6) is 0 Å². The Morgan fingerprint density at radius 2 is 1.52 bits per heavy atom. The fraction of sp³-hybridized carbons (Fsp3) is 0.902. The molecule has 0 aliphatic carbocycles. The second-order valence-corrected chi connectivity index (χ2v) is 21.1. The van der Waals surface area contributed by atoms with Crippen molar-refractivity contribution in [1.29, 1.82) is 0 Å². The molecule has 0 aromatic heterocycles. The minimum absolute atomic E-state index is 0.0125. The number of nitrogens with one attached hydrogen (secondary N) is 2. The molecule has 13 heteroatoms. The first kappa shape index (κ1) is 52.8. The van der Waals surface area contributed by atoms with Crippen molar-refractivity contribution in [3.63, 3.8) is 0 Å². The van der Waals surface area contributed by atoms with Crippen LogP contribution in [0.1, 0.15) is 179 Å². The van der Waals surface area contributed by atoms with E-state index in [9.17, 15) is 29.7 Å². The number of urea groups is 1. The van der Waals surface area contributed by atoms with Crippen molar-refractivity contribution in [2.24, 2.45) is 41.4 Å². The normalized spacial score (nSPS) is 40.1. The van der Waals surface area contributed by atoms with E-state index in [0.717, 1.165) is 25.7 Å². The number of carboxylic acids is 1. The molecule has 4 fully saturated rings. The Labute approximate surface area is 385 Å². The monoisotopic (exact) mass is 905 g/mol. The van der Waals surface area contributed by atoms with Crippen molar-refractivity contribution in [2.45, 2.75) is 244 Å². The van der Waals surface area contributed by atoms with E-state index in [1.165, 1.54) is 19.3 Å². The fourth-order valence-electron chi connectivity index (χ4n) is 12.0. The Kier molecular flexibility index (Phi) is 18.4. The Morgan fingerprint density at radius 1 is 0.828 bits per heavy atom. The predicted molar refractivity (Wildman–Crippen MR) is 246 cm³/mol. The van der Waals surface area contributed by atoms with Gasteiger partial charge in [0.25, 0.3) is 0 Å². The summed E-state index contributed by atoms with van der Waals surface area (Å²) >= 11 is 0. The summed E-state index contributed by atoms with van der Waals surface area (Å²) in [5.41, 5.74) is -1.69. The maximum Gasteiger partial charge on any atom is 0.315 e. The summed E-state index contributed by atoms with van der Waals surface area (Å²) in [5.74, 6) is -5.92. The van der Waals surface area contributed by atoms with Crippen LogP contribution in [0.25, 0.3) is 0 Å². The summed E-state index contributed by atoms with van der Waals surface area (Å²) in [7, 11) is 0. The van der Waals surface area contributed by atoms with E-state index in [4.69, 9.17) is 23.7 Å². The Hall–Kier alpha value is -2.13. The third-order valence-corrected chi connectivity index (χ3v) is 16.6. The summed E-state index contributed by atoms with van der Waals surface area (Å²) in [4.78, 5) is 40.3. The quantitative estimate of drug-likeness (QED) is 0.0582. The van der Waals surface area contributed by atoms with Crippen LogP contribution >= 0.6 is 0 Å². The molecule has 0 aromatic rings. The molecule has 5 aliphatic rings. The molecular formula is C51H88N2O11. The number of rotatable bonds is 20. The molecule has 4 saturated heterocycles. The Bertz CT molecular complexity index is 1580. The van der Waals surface area contributed by atoms with Gasteiger partial charge >= 0.3 is 12.0 Å². The highest BCUT2D eigenvalue weighted by molar-refractivity contribution is 5.84. The van der Waals surface area contributed by atoms with Crippen LogP contribution in [0.4, 0.5) is 4.79 Å². The number of carbonyl (C=O) groups excluding carboxylic acids is 2. The van der Waals surface area contributed by atoms with Crippen LogP contribution in [0.2, 0.25) is 0 Å². The van der Waals surface area contributed by atoms with Crippen LogP contribution in [0.15, 0.2) is 12.2 Å². The number of carbonyl (C=O) groups is 3. The highest BCUT2D eigenvalue weighted by atomic mass is 16.8. The zero-order valence-electron chi connectivity index (χ0n) is 41.4. The highest BCUT2D eigenvalue weighted by Crippen LogP contribution is 2.54. The first-order valence-corrected chi connectivity index (χ1v) is 25.5. The number of amides is 2. The van der Waals surface area contributed by atoms with Crippen LogP contribution < -0.4 is 10.6 Å². The van der Waals surface area contributed by atoms with Crippen molar-refractivity contribution in [3.8, 4) is 0 Å². The molecule has 13 nitrogen and oxygen atoms in total. The summed E-state index contributed by atoms with van der Waals surface area (Å²) in [5, 5.41) is 39.3. The molecule has 0 radical (unpaired) electrons. The lowest BCUT2D eigenvalue weighted by molar-refractivity contribution is -0.397. The molecule has 2 amide bonds. The van der Waals surface area contributed by atoms with Gasteiger partial charge < -0.3 is 49.6 Å². The SMILES string of the molecule is CCCCCCCCNC(=O)N[C@@H]1C=C[C@]2(O[C@H]([C@@H](CC)C(=O)[C@@H](C)[C@@H](O)[C@H](C)[C@@H]3O[C@@H]([C@@H](CC)C(=O)O)CC[C@@H]3C)[C@@H](C)C[C@H]2C)O[C@@]12CC[C@@](C)([C@H]1CC[C@](O)(CC)[C@H](C)O1)O2. The van der Waals surface area contributed by atoms with Gasteiger partial charge in [0.05, 0.1) is 53.7 Å². The average molecular weight is 905 g/mol. The molecule has 5 heterocycles. The zero-order valence-corrected chi connectivity index (χ0v) is 41.4. The zero-order chi connectivity index (χ0) is 47.2. The first-order chi connectivity index (χ1) is 30.2. The maximum atomic E-state index is 14.7. The summed E-state index contributed by atoms with van der Waals surface area (Å²) in [6, 6.07) is -0.952. The number of hydrogen-bond acceptors (Lipinski definition) is 10.